The Kier molecular flexibility index (Phi) is 11.3. The molecule has 0 spiro atoms. The zero-order valence-electron chi connectivity index (χ0n) is 59.5. The van der Waals surface area contributed by atoms with Crippen molar-refractivity contribution >= 4 is 57.6 Å². The topological polar surface area (TPSA) is 25.8 Å². The molecular weight excluding hydrogens is 1070 g/mol. The van der Waals surface area contributed by atoms with Gasteiger partial charge < -0.3 is 0 Å². The van der Waals surface area contributed by atoms with Gasteiger partial charge in [-0.25, -0.2) is 9.97 Å². The summed E-state index contributed by atoms with van der Waals surface area (Å²) in [6.07, 6.45) is 0. The average Bonchev–Trinajstić information content (AvgIpc) is 0.691. The molecule has 0 saturated heterocycles. The monoisotopic (exact) mass is 1140 g/mol. The van der Waals surface area contributed by atoms with E-state index in [0.717, 1.165) is 48.6 Å². The molecule has 0 aliphatic carbocycles. The van der Waals surface area contributed by atoms with E-state index in [4.69, 9.17) is 18.2 Å². The van der Waals surface area contributed by atoms with E-state index in [1.807, 2.05) is 255 Å². The third-order valence-electron chi connectivity index (χ3n) is 16.0. The van der Waals surface area contributed by atoms with Gasteiger partial charge >= 0.3 is 0 Å². The highest BCUT2D eigenvalue weighted by Crippen LogP contribution is 2.33. The van der Waals surface area contributed by atoms with Crippen molar-refractivity contribution in [1.29, 1.82) is 0 Å². The molecule has 0 aliphatic heterocycles. The Morgan fingerprint density at radius 2 is 0.512 bits per heavy atom. The first-order chi connectivity index (χ1) is 48.0. The number of hydrogen-bond acceptors (Lipinski definition) is 2. The van der Waals surface area contributed by atoms with Gasteiger partial charge in [-0.2, -0.15) is 0 Å². The largest absolute Gasteiger partial charge is 0.228 e. The highest BCUT2D eigenvalue weighted by atomic mass is 28.3. The van der Waals surface area contributed by atoms with Gasteiger partial charge in [-0.3, -0.25) is 0 Å². The third kappa shape index (κ3) is 10.3. The summed E-state index contributed by atoms with van der Waals surface area (Å²) in [5, 5.41) is 4.58. The van der Waals surface area contributed by atoms with Crippen LogP contribution in [0.4, 0.5) is 0 Å². The molecule has 0 fully saturated rings. The second-order valence-corrected chi connectivity index (χ2v) is 28.4. The van der Waals surface area contributed by atoms with Crippen LogP contribution in [0.25, 0.3) is 78.4 Å². The SMILES string of the molecule is [2H]c1c([2H])c([2H])c(-c2cccc([Si](c3ccccc3)(c3ccccc3)c3c([2H])c(-c4cc(-c5cccc(-c6ccccc6)c5)nc(-c5cccc(-c6ccccc6)c5)n4)c([2H])c([Si](c4ccccc4)(c4ccccc4)c4cccc(-c5c([2H])c([2H])c([2H])c([2H])c5[2H])c4)c3[2H])c2)c([2H])c1[2H]. The lowest BCUT2D eigenvalue weighted by Crippen LogP contribution is -2.78. The van der Waals surface area contributed by atoms with Gasteiger partial charge in [-0.15, -0.1) is 0 Å². The fraction of sp³-hybridized carbons (Fsp3) is 0. The predicted octanol–water partition coefficient (Wildman–Crippen LogP) is 14.9. The van der Waals surface area contributed by atoms with Crippen molar-refractivity contribution in [1.82, 2.24) is 9.97 Å². The van der Waals surface area contributed by atoms with Crippen molar-refractivity contribution in [2.75, 3.05) is 0 Å². The lowest BCUT2D eigenvalue weighted by Gasteiger charge is -2.38. The Labute approximate surface area is 525 Å². The molecule has 13 aromatic carbocycles. The van der Waals surface area contributed by atoms with Gasteiger partial charge in [-0.1, -0.05) is 345 Å². The first-order valence-electron chi connectivity index (χ1n) is 35.0. The van der Waals surface area contributed by atoms with E-state index in [1.54, 1.807) is 24.3 Å². The fourth-order valence-corrected chi connectivity index (χ4v) is 21.3. The van der Waals surface area contributed by atoms with Crippen LogP contribution in [-0.2, 0) is 0 Å². The van der Waals surface area contributed by atoms with Crippen LogP contribution in [0.5, 0.6) is 0 Å². The van der Waals surface area contributed by atoms with Crippen molar-refractivity contribution < 1.29 is 17.8 Å². The van der Waals surface area contributed by atoms with Crippen LogP contribution in [0.2, 0.25) is 0 Å². The summed E-state index contributed by atoms with van der Waals surface area (Å²) in [4.78, 5) is 11.0. The molecule has 406 valence electrons. The predicted molar refractivity (Wildman–Crippen MR) is 367 cm³/mol. The van der Waals surface area contributed by atoms with E-state index in [2.05, 4.69) is 6.07 Å². The van der Waals surface area contributed by atoms with Crippen molar-refractivity contribution in [3.63, 3.8) is 0 Å². The molecule has 4 heteroatoms. The summed E-state index contributed by atoms with van der Waals surface area (Å²) in [6, 6.07) is 86.1. The molecule has 0 saturated carbocycles. The molecule has 0 atom stereocenters. The molecule has 1 aromatic heterocycles. The number of aromatic nitrogens is 2. The molecular formula is C82H60N2Si2. The third-order valence-corrected chi connectivity index (χ3v) is 25.1. The van der Waals surface area contributed by atoms with Crippen LogP contribution in [-0.4, -0.2) is 26.1 Å². The summed E-state index contributed by atoms with van der Waals surface area (Å²) in [6.45, 7) is 0. The van der Waals surface area contributed by atoms with Gasteiger partial charge in [0.1, 0.15) is 0 Å². The second kappa shape index (κ2) is 23.9. The maximum atomic E-state index is 11.8. The van der Waals surface area contributed by atoms with Gasteiger partial charge in [0, 0.05) is 16.7 Å². The Hall–Kier alpha value is -10.6. The molecule has 86 heavy (non-hydrogen) atoms. The van der Waals surface area contributed by atoms with E-state index >= 15 is 0 Å². The molecule has 0 unspecified atom stereocenters. The summed E-state index contributed by atoms with van der Waals surface area (Å²) in [5.41, 5.74) is 6.47. The van der Waals surface area contributed by atoms with Crippen LogP contribution >= 0.6 is 0 Å². The minimum absolute atomic E-state index is 0.0285. The van der Waals surface area contributed by atoms with Crippen molar-refractivity contribution in [2.24, 2.45) is 0 Å². The smallest absolute Gasteiger partial charge is 0.179 e. The van der Waals surface area contributed by atoms with Crippen molar-refractivity contribution in [3.8, 4) is 78.4 Å². The molecule has 2 nitrogen and oxygen atoms in total. The standard InChI is InChI=1S/C82H60N2Si2/c1-9-29-61(30-10-1)65-37-25-41-69(53-65)80-60-81(84-82(83-80)70-42-26-38-66(54-70)62-31-11-2-12-32-62)71-57-78(85(72-43-17-5-18-44-72,73-45-19-6-20-46-73)76-51-27-39-67(55-76)63-33-13-3-14-34-63)59-79(58-71)86(74-47-21-7-22-48-74,75-49-23-8-24-50-75)77-52-28-40-68(56-77)64-35-15-4-16-36-64/h1-60H/i3D,4D,13D,14D,15D,16D,33D,34D,35D,36D,57D,58D,59D. The molecule has 0 bridgehead atoms. The maximum absolute atomic E-state index is 11.8. The minimum atomic E-state index is -4.41. The first kappa shape index (κ1) is 40.6. The minimum Gasteiger partial charge on any atom is -0.228 e. The molecule has 0 N–H and O–H groups in total. The lowest BCUT2D eigenvalue weighted by molar-refractivity contribution is 1.18. The highest BCUT2D eigenvalue weighted by Gasteiger charge is 2.46. The van der Waals surface area contributed by atoms with Crippen LogP contribution in [0.3, 0.4) is 0 Å². The maximum Gasteiger partial charge on any atom is 0.179 e. The number of rotatable bonds is 15. The molecule has 14 rings (SSSR count). The van der Waals surface area contributed by atoms with Crippen LogP contribution in [0, 0.1) is 0 Å². The zero-order valence-corrected chi connectivity index (χ0v) is 48.5. The Morgan fingerprint density at radius 3 is 0.919 bits per heavy atom. The summed E-state index contributed by atoms with van der Waals surface area (Å²) >= 11 is 0. The summed E-state index contributed by atoms with van der Waals surface area (Å²) in [5.74, 6) is 0.296. The van der Waals surface area contributed by atoms with Crippen LogP contribution in [0.15, 0.2) is 364 Å². The number of benzene rings is 13. The zero-order chi connectivity index (χ0) is 68.9. The quantitative estimate of drug-likeness (QED) is 0.0755. The van der Waals surface area contributed by atoms with Gasteiger partial charge in [0.05, 0.1) is 29.2 Å². The second-order valence-electron chi connectivity index (χ2n) is 21.0. The van der Waals surface area contributed by atoms with E-state index in [9.17, 15) is 9.60 Å². The fourth-order valence-electron chi connectivity index (χ4n) is 12.0. The molecule has 14 aromatic rings. The van der Waals surface area contributed by atoms with E-state index in [0.29, 0.717) is 38.6 Å². The van der Waals surface area contributed by atoms with Crippen molar-refractivity contribution in [3.05, 3.63) is 364 Å². The molecule has 0 amide bonds. The van der Waals surface area contributed by atoms with Gasteiger partial charge in [0.25, 0.3) is 0 Å². The summed E-state index contributed by atoms with van der Waals surface area (Å²) in [7, 11) is -8.82. The highest BCUT2D eigenvalue weighted by molar-refractivity contribution is 7.22. The molecule has 0 radical (unpaired) electrons. The Bertz CT molecular complexity index is 4960. The first-order valence-corrected chi connectivity index (χ1v) is 32.5. The van der Waals surface area contributed by atoms with Gasteiger partial charge in [0.15, 0.2) is 22.0 Å². The number of nitrogens with zero attached hydrogens (tertiary/aromatic N) is 2. The average molecular weight is 1140 g/mol. The lowest BCUT2D eigenvalue weighted by atomic mass is 10.00. The molecule has 1 heterocycles. The number of hydrogen-bond donors (Lipinski definition) is 0. The van der Waals surface area contributed by atoms with E-state index < -0.39 is 76.6 Å². The molecule has 0 aliphatic rings. The van der Waals surface area contributed by atoms with E-state index in [-0.39, 0.29) is 50.9 Å². The van der Waals surface area contributed by atoms with Gasteiger partial charge in [-0.05, 0) is 104 Å². The van der Waals surface area contributed by atoms with Crippen LogP contribution in [0.1, 0.15) is 17.8 Å². The van der Waals surface area contributed by atoms with Crippen LogP contribution < -0.4 is 41.5 Å². The Balaban J connectivity index is 1.20. The van der Waals surface area contributed by atoms with E-state index in [1.165, 1.54) is 0 Å². The van der Waals surface area contributed by atoms with Gasteiger partial charge in [0.2, 0.25) is 0 Å². The Morgan fingerprint density at radius 1 is 0.209 bits per heavy atom. The normalized spacial score (nSPS) is 13.6. The van der Waals surface area contributed by atoms with Crippen molar-refractivity contribution in [2.45, 2.75) is 0 Å². The summed E-state index contributed by atoms with van der Waals surface area (Å²) < 4.78 is 125.